The fourth-order valence-corrected chi connectivity index (χ4v) is 3.68. The first-order valence-corrected chi connectivity index (χ1v) is 10.1. The molecular weight excluding hydrogens is 380 g/mol. The molecule has 2 aromatic carbocycles. The van der Waals surface area contributed by atoms with Gasteiger partial charge in [-0.15, -0.1) is 11.3 Å². The van der Waals surface area contributed by atoms with Gasteiger partial charge in [-0.25, -0.2) is 4.98 Å². The zero-order chi connectivity index (χ0) is 18.6. The van der Waals surface area contributed by atoms with Gasteiger partial charge in [0.2, 0.25) is 0 Å². The highest BCUT2D eigenvalue weighted by Crippen LogP contribution is 2.29. The van der Waals surface area contributed by atoms with Crippen molar-refractivity contribution in [2.45, 2.75) is 19.4 Å². The van der Waals surface area contributed by atoms with Crippen LogP contribution in [0.25, 0.3) is 10.6 Å². The first kappa shape index (κ1) is 18.0. The van der Waals surface area contributed by atoms with Gasteiger partial charge in [0.1, 0.15) is 23.1 Å². The smallest absolute Gasteiger partial charge is 0.270 e. The average molecular weight is 399 g/mol. The summed E-state index contributed by atoms with van der Waals surface area (Å²) in [6.45, 7) is 1.19. The number of rotatable bonds is 7. The maximum atomic E-state index is 12.2. The van der Waals surface area contributed by atoms with Gasteiger partial charge in [-0.1, -0.05) is 35.9 Å². The highest BCUT2D eigenvalue weighted by atomic mass is 35.5. The van der Waals surface area contributed by atoms with Crippen LogP contribution in [0.1, 0.15) is 28.9 Å². The van der Waals surface area contributed by atoms with E-state index in [-0.39, 0.29) is 5.91 Å². The number of amides is 1. The molecule has 0 unspecified atom stereocenters. The minimum Gasteiger partial charge on any atom is -0.489 e. The second-order valence-electron chi connectivity index (χ2n) is 6.64. The van der Waals surface area contributed by atoms with Crippen molar-refractivity contribution < 1.29 is 9.53 Å². The lowest BCUT2D eigenvalue weighted by Gasteiger charge is -2.07. The Morgan fingerprint density at radius 1 is 1.22 bits per heavy atom. The van der Waals surface area contributed by atoms with Crippen molar-refractivity contribution in [1.82, 2.24) is 10.3 Å². The van der Waals surface area contributed by atoms with Gasteiger partial charge in [0, 0.05) is 22.5 Å². The summed E-state index contributed by atoms with van der Waals surface area (Å²) < 4.78 is 5.87. The Kier molecular flexibility index (Phi) is 5.41. The largest absolute Gasteiger partial charge is 0.489 e. The number of carbonyl (C=O) groups is 1. The van der Waals surface area contributed by atoms with Gasteiger partial charge in [0.25, 0.3) is 5.91 Å². The highest BCUT2D eigenvalue weighted by Gasteiger charge is 2.22. The molecule has 138 valence electrons. The van der Waals surface area contributed by atoms with Gasteiger partial charge >= 0.3 is 0 Å². The number of thiazole rings is 1. The fraction of sp³-hybridized carbons (Fsp3) is 0.238. The minimum absolute atomic E-state index is 0.0993. The molecule has 1 N–H and O–H groups in total. The number of hydrogen-bond acceptors (Lipinski definition) is 4. The van der Waals surface area contributed by atoms with Crippen LogP contribution in [-0.2, 0) is 6.61 Å². The Morgan fingerprint density at radius 3 is 2.89 bits per heavy atom. The molecule has 1 fully saturated rings. The normalized spacial score (nSPS) is 13.4. The lowest BCUT2D eigenvalue weighted by Crippen LogP contribution is -2.25. The number of ether oxygens (including phenoxy) is 1. The van der Waals surface area contributed by atoms with Crippen molar-refractivity contribution in [3.63, 3.8) is 0 Å². The van der Waals surface area contributed by atoms with E-state index in [9.17, 15) is 4.79 Å². The lowest BCUT2D eigenvalue weighted by atomic mass is 10.2. The molecule has 6 heteroatoms. The summed E-state index contributed by atoms with van der Waals surface area (Å²) in [5, 5.41) is 6.25. The van der Waals surface area contributed by atoms with E-state index < -0.39 is 0 Å². The van der Waals surface area contributed by atoms with Crippen molar-refractivity contribution in [2.24, 2.45) is 5.92 Å². The Bertz CT molecular complexity index is 953. The van der Waals surface area contributed by atoms with Gasteiger partial charge in [-0.2, -0.15) is 0 Å². The molecule has 1 aliphatic rings. The summed E-state index contributed by atoms with van der Waals surface area (Å²) in [7, 11) is 0. The van der Waals surface area contributed by atoms with Crippen LogP contribution in [0.4, 0.5) is 0 Å². The number of carbonyl (C=O) groups excluding carboxylic acids is 1. The highest BCUT2D eigenvalue weighted by molar-refractivity contribution is 7.13. The van der Waals surface area contributed by atoms with Gasteiger partial charge in [0.15, 0.2) is 0 Å². The van der Waals surface area contributed by atoms with E-state index >= 15 is 0 Å². The first-order chi connectivity index (χ1) is 13.2. The molecule has 0 aliphatic heterocycles. The Hall–Kier alpha value is -2.37. The summed E-state index contributed by atoms with van der Waals surface area (Å²) >= 11 is 7.47. The van der Waals surface area contributed by atoms with Crippen LogP contribution in [0.5, 0.6) is 5.75 Å². The molecule has 0 atom stereocenters. The van der Waals surface area contributed by atoms with Gasteiger partial charge in [0.05, 0.1) is 0 Å². The summed E-state index contributed by atoms with van der Waals surface area (Å²) in [6.07, 6.45) is 2.43. The minimum atomic E-state index is -0.0993. The third kappa shape index (κ3) is 4.87. The summed E-state index contributed by atoms with van der Waals surface area (Å²) in [4.78, 5) is 16.7. The van der Waals surface area contributed by atoms with Gasteiger partial charge < -0.3 is 10.1 Å². The molecule has 4 nitrogen and oxygen atoms in total. The zero-order valence-electron chi connectivity index (χ0n) is 14.7. The molecule has 27 heavy (non-hydrogen) atoms. The van der Waals surface area contributed by atoms with Crippen LogP contribution < -0.4 is 10.1 Å². The van der Waals surface area contributed by atoms with Crippen LogP contribution in [0.2, 0.25) is 5.02 Å². The molecular formula is C21H19ClN2O2S. The Balaban J connectivity index is 1.41. The van der Waals surface area contributed by atoms with E-state index in [4.69, 9.17) is 16.3 Å². The van der Waals surface area contributed by atoms with E-state index in [0.717, 1.165) is 28.4 Å². The van der Waals surface area contributed by atoms with Crippen LogP contribution in [0.3, 0.4) is 0 Å². The number of nitrogens with zero attached hydrogens (tertiary/aromatic N) is 1. The third-order valence-electron chi connectivity index (χ3n) is 4.36. The molecule has 1 aliphatic carbocycles. The van der Waals surface area contributed by atoms with E-state index in [0.29, 0.717) is 23.2 Å². The number of halogens is 1. The molecule has 4 rings (SSSR count). The topological polar surface area (TPSA) is 51.2 Å². The zero-order valence-corrected chi connectivity index (χ0v) is 16.2. The Labute approximate surface area is 167 Å². The van der Waals surface area contributed by atoms with Crippen molar-refractivity contribution in [3.8, 4) is 16.3 Å². The quantitative estimate of drug-likeness (QED) is 0.596. The van der Waals surface area contributed by atoms with Crippen LogP contribution in [-0.4, -0.2) is 17.4 Å². The standard InChI is InChI=1S/C21H19ClN2O2S/c22-17-5-1-3-15(9-17)12-26-18-6-2-4-16(10-18)21-24-19(13-27-21)20(25)23-11-14-7-8-14/h1-6,9-10,13-14H,7-8,11-12H2,(H,23,25). The number of nitrogens with one attached hydrogen (secondary N) is 1. The number of benzene rings is 2. The van der Waals surface area contributed by atoms with Crippen molar-refractivity contribution in [3.05, 3.63) is 70.2 Å². The van der Waals surface area contributed by atoms with Crippen LogP contribution in [0, 0.1) is 5.92 Å². The molecule has 1 aromatic heterocycles. The molecule has 1 amide bonds. The van der Waals surface area contributed by atoms with E-state index in [1.165, 1.54) is 24.2 Å². The molecule has 0 spiro atoms. The van der Waals surface area contributed by atoms with E-state index in [1.54, 1.807) is 5.38 Å². The monoisotopic (exact) mass is 398 g/mol. The molecule has 0 radical (unpaired) electrons. The SMILES string of the molecule is O=C(NCC1CC1)c1csc(-c2cccc(OCc3cccc(Cl)c3)c2)n1. The van der Waals surface area contributed by atoms with E-state index in [1.807, 2.05) is 48.5 Å². The first-order valence-electron chi connectivity index (χ1n) is 8.89. The molecule has 1 heterocycles. The summed E-state index contributed by atoms with van der Waals surface area (Å²) in [5.74, 6) is 1.31. The lowest BCUT2D eigenvalue weighted by molar-refractivity contribution is 0.0947. The predicted octanol–water partition coefficient (Wildman–Crippen LogP) is 5.18. The number of hydrogen-bond donors (Lipinski definition) is 1. The van der Waals surface area contributed by atoms with Crippen molar-refractivity contribution >= 4 is 28.8 Å². The second kappa shape index (κ2) is 8.11. The Morgan fingerprint density at radius 2 is 2.07 bits per heavy atom. The molecule has 0 bridgehead atoms. The summed E-state index contributed by atoms with van der Waals surface area (Å²) in [6, 6.07) is 15.4. The third-order valence-corrected chi connectivity index (χ3v) is 5.49. The second-order valence-corrected chi connectivity index (χ2v) is 7.93. The predicted molar refractivity (Wildman–Crippen MR) is 108 cm³/mol. The molecule has 1 saturated carbocycles. The van der Waals surface area contributed by atoms with E-state index in [2.05, 4.69) is 10.3 Å². The van der Waals surface area contributed by atoms with Crippen LogP contribution >= 0.6 is 22.9 Å². The van der Waals surface area contributed by atoms with Crippen LogP contribution in [0.15, 0.2) is 53.9 Å². The molecule has 3 aromatic rings. The maximum Gasteiger partial charge on any atom is 0.270 e. The van der Waals surface area contributed by atoms with Crippen molar-refractivity contribution in [2.75, 3.05) is 6.54 Å². The fourth-order valence-electron chi connectivity index (χ4n) is 2.67. The average Bonchev–Trinajstić information content (AvgIpc) is 3.38. The van der Waals surface area contributed by atoms with Gasteiger partial charge in [-0.05, 0) is 48.6 Å². The van der Waals surface area contributed by atoms with Gasteiger partial charge in [-0.3, -0.25) is 4.79 Å². The summed E-state index contributed by atoms with van der Waals surface area (Å²) in [5.41, 5.74) is 2.42. The van der Waals surface area contributed by atoms with Crippen molar-refractivity contribution in [1.29, 1.82) is 0 Å². The maximum absolute atomic E-state index is 12.2. The molecule has 0 saturated heterocycles. The number of aromatic nitrogens is 1.